The first-order valence-corrected chi connectivity index (χ1v) is 7.75. The molecule has 0 aliphatic carbocycles. The molecule has 128 valence electrons. The molecule has 24 heavy (non-hydrogen) atoms. The van der Waals surface area contributed by atoms with E-state index < -0.39 is 6.03 Å². The number of para-hydroxylation sites is 2. The third-order valence-corrected chi connectivity index (χ3v) is 3.93. The number of imide groups is 1. The molecule has 0 aromatic heterocycles. The molecule has 1 aromatic rings. The lowest BCUT2D eigenvalue weighted by atomic mass is 10.2. The van der Waals surface area contributed by atoms with Crippen molar-refractivity contribution in [2.75, 3.05) is 33.3 Å². The summed E-state index contributed by atoms with van der Waals surface area (Å²) in [6, 6.07) is 6.80. The van der Waals surface area contributed by atoms with Crippen molar-refractivity contribution in [3.8, 4) is 11.5 Å². The summed E-state index contributed by atoms with van der Waals surface area (Å²) in [6.07, 6.45) is -0.0984. The number of urea groups is 1. The van der Waals surface area contributed by atoms with E-state index in [2.05, 4.69) is 5.32 Å². The third-order valence-electron chi connectivity index (χ3n) is 3.93. The van der Waals surface area contributed by atoms with Gasteiger partial charge in [-0.25, -0.2) is 4.79 Å². The lowest BCUT2D eigenvalue weighted by molar-refractivity contribution is -0.138. The maximum absolute atomic E-state index is 12.3. The number of fused-ring (bicyclic) bond motifs is 1. The van der Waals surface area contributed by atoms with Crippen molar-refractivity contribution in [2.45, 2.75) is 12.5 Å². The molecule has 1 aromatic carbocycles. The highest BCUT2D eigenvalue weighted by Crippen LogP contribution is 2.30. The van der Waals surface area contributed by atoms with Gasteiger partial charge in [-0.1, -0.05) is 12.1 Å². The Kier molecular flexibility index (Phi) is 4.54. The second kappa shape index (κ2) is 6.77. The van der Waals surface area contributed by atoms with Gasteiger partial charge >= 0.3 is 6.03 Å². The Hall–Kier alpha value is -2.77. The smallest absolute Gasteiger partial charge is 0.324 e. The van der Waals surface area contributed by atoms with Gasteiger partial charge in [0.25, 0.3) is 0 Å². The number of benzene rings is 1. The van der Waals surface area contributed by atoms with Crippen LogP contribution in [0.4, 0.5) is 4.79 Å². The van der Waals surface area contributed by atoms with Gasteiger partial charge in [-0.2, -0.15) is 0 Å². The van der Waals surface area contributed by atoms with Crippen LogP contribution < -0.4 is 14.8 Å². The Balaban J connectivity index is 1.55. The van der Waals surface area contributed by atoms with E-state index in [0.29, 0.717) is 31.2 Å². The minimum Gasteiger partial charge on any atom is -0.486 e. The Morgan fingerprint density at radius 2 is 2.08 bits per heavy atom. The molecule has 1 fully saturated rings. The Morgan fingerprint density at radius 3 is 2.83 bits per heavy atom. The van der Waals surface area contributed by atoms with Gasteiger partial charge in [-0.15, -0.1) is 0 Å². The zero-order valence-electron chi connectivity index (χ0n) is 13.4. The van der Waals surface area contributed by atoms with Gasteiger partial charge in [-0.05, 0) is 12.1 Å². The zero-order chi connectivity index (χ0) is 17.1. The highest BCUT2D eigenvalue weighted by atomic mass is 16.6. The van der Waals surface area contributed by atoms with Crippen molar-refractivity contribution in [1.29, 1.82) is 0 Å². The van der Waals surface area contributed by atoms with Crippen molar-refractivity contribution in [3.05, 3.63) is 24.3 Å². The van der Waals surface area contributed by atoms with Gasteiger partial charge in [0.2, 0.25) is 11.8 Å². The molecule has 8 nitrogen and oxygen atoms in total. The first-order valence-electron chi connectivity index (χ1n) is 7.75. The number of nitrogens with zero attached hydrogens (tertiary/aromatic N) is 2. The zero-order valence-corrected chi connectivity index (χ0v) is 13.4. The lowest BCUT2D eigenvalue weighted by Crippen LogP contribution is -2.54. The van der Waals surface area contributed by atoms with Crippen LogP contribution in [0.1, 0.15) is 6.42 Å². The highest BCUT2D eigenvalue weighted by Gasteiger charge is 2.30. The van der Waals surface area contributed by atoms with Crippen LogP contribution in [-0.4, -0.2) is 67.0 Å². The van der Waals surface area contributed by atoms with Crippen molar-refractivity contribution >= 4 is 17.8 Å². The van der Waals surface area contributed by atoms with Gasteiger partial charge in [0.1, 0.15) is 13.2 Å². The quantitative estimate of drug-likeness (QED) is 0.852. The van der Waals surface area contributed by atoms with Gasteiger partial charge in [0.15, 0.2) is 17.6 Å². The summed E-state index contributed by atoms with van der Waals surface area (Å²) in [6.45, 7) is 0.671. The second-order valence-electron chi connectivity index (χ2n) is 5.73. The largest absolute Gasteiger partial charge is 0.486 e. The minimum absolute atomic E-state index is 0.207. The van der Waals surface area contributed by atoms with Gasteiger partial charge in [-0.3, -0.25) is 14.5 Å². The predicted molar refractivity (Wildman–Crippen MR) is 83.7 cm³/mol. The topological polar surface area (TPSA) is 88.2 Å². The van der Waals surface area contributed by atoms with Crippen molar-refractivity contribution < 1.29 is 23.9 Å². The fraction of sp³-hybridized carbons (Fsp3) is 0.438. The maximum Gasteiger partial charge on any atom is 0.324 e. The number of carbonyl (C=O) groups is 3. The summed E-state index contributed by atoms with van der Waals surface area (Å²) >= 11 is 0. The summed E-state index contributed by atoms with van der Waals surface area (Å²) in [4.78, 5) is 38.1. The molecule has 2 heterocycles. The normalized spacial score (nSPS) is 19.7. The number of ether oxygens (including phenoxy) is 2. The molecule has 0 spiro atoms. The molecule has 2 aliphatic rings. The molecule has 0 bridgehead atoms. The Labute approximate surface area is 139 Å². The summed E-state index contributed by atoms with van der Waals surface area (Å²) in [7, 11) is 1.61. The van der Waals surface area contributed by atoms with Crippen LogP contribution in [0.5, 0.6) is 11.5 Å². The average molecular weight is 333 g/mol. The second-order valence-corrected chi connectivity index (χ2v) is 5.73. The first kappa shape index (κ1) is 16.1. The van der Waals surface area contributed by atoms with Crippen LogP contribution in [-0.2, 0) is 9.59 Å². The molecule has 1 saturated heterocycles. The van der Waals surface area contributed by atoms with Gasteiger partial charge < -0.3 is 19.7 Å². The molecule has 2 aliphatic heterocycles. The van der Waals surface area contributed by atoms with Crippen LogP contribution in [0.25, 0.3) is 0 Å². The van der Waals surface area contributed by atoms with E-state index in [0.717, 1.165) is 4.90 Å². The minimum atomic E-state index is -0.529. The number of carbonyl (C=O) groups excluding carboxylic acids is 3. The SMILES string of the molecule is CN(CC1COc2ccccc2O1)C(=O)CN1C(=O)CCNC1=O. The first-order chi connectivity index (χ1) is 11.5. The summed E-state index contributed by atoms with van der Waals surface area (Å²) in [5, 5.41) is 2.55. The molecule has 4 amide bonds. The number of nitrogens with one attached hydrogen (secondary N) is 1. The van der Waals surface area contributed by atoms with E-state index in [4.69, 9.17) is 9.47 Å². The van der Waals surface area contributed by atoms with E-state index in [-0.39, 0.29) is 30.9 Å². The summed E-state index contributed by atoms with van der Waals surface area (Å²) in [5.41, 5.74) is 0. The summed E-state index contributed by atoms with van der Waals surface area (Å²) < 4.78 is 11.4. The van der Waals surface area contributed by atoms with Crippen LogP contribution in [0, 0.1) is 0 Å². The maximum atomic E-state index is 12.3. The number of hydrogen-bond donors (Lipinski definition) is 1. The molecule has 3 rings (SSSR count). The molecular weight excluding hydrogens is 314 g/mol. The fourth-order valence-electron chi connectivity index (χ4n) is 2.60. The van der Waals surface area contributed by atoms with E-state index in [1.807, 2.05) is 18.2 Å². The Bertz CT molecular complexity index is 647. The van der Waals surface area contributed by atoms with Crippen LogP contribution in [0.3, 0.4) is 0 Å². The molecule has 1 unspecified atom stereocenters. The predicted octanol–water partition coefficient (Wildman–Crippen LogP) is 0.227. The number of likely N-dealkylation sites (N-methyl/N-ethyl adjacent to an activating group) is 1. The van der Waals surface area contributed by atoms with Crippen molar-refractivity contribution in [3.63, 3.8) is 0 Å². The van der Waals surface area contributed by atoms with Crippen LogP contribution >= 0.6 is 0 Å². The third kappa shape index (κ3) is 3.42. The molecular formula is C16H19N3O5. The molecule has 1 N–H and O–H groups in total. The van der Waals surface area contributed by atoms with Gasteiger partial charge in [0, 0.05) is 20.0 Å². The Morgan fingerprint density at radius 1 is 1.33 bits per heavy atom. The van der Waals surface area contributed by atoms with Crippen LogP contribution in [0.15, 0.2) is 24.3 Å². The summed E-state index contributed by atoms with van der Waals surface area (Å²) in [5.74, 6) is 0.646. The van der Waals surface area contributed by atoms with E-state index >= 15 is 0 Å². The van der Waals surface area contributed by atoms with E-state index in [1.165, 1.54) is 4.90 Å². The molecule has 0 saturated carbocycles. The van der Waals surface area contributed by atoms with Crippen molar-refractivity contribution in [2.24, 2.45) is 0 Å². The number of amides is 4. The average Bonchev–Trinajstić information content (AvgIpc) is 2.58. The van der Waals surface area contributed by atoms with Crippen LogP contribution in [0.2, 0.25) is 0 Å². The molecule has 1 atom stereocenters. The monoisotopic (exact) mass is 333 g/mol. The number of hydrogen-bond acceptors (Lipinski definition) is 5. The van der Waals surface area contributed by atoms with E-state index in [1.54, 1.807) is 13.1 Å². The van der Waals surface area contributed by atoms with E-state index in [9.17, 15) is 14.4 Å². The molecule has 0 radical (unpaired) electrons. The lowest BCUT2D eigenvalue weighted by Gasteiger charge is -2.31. The fourth-order valence-corrected chi connectivity index (χ4v) is 2.60. The highest BCUT2D eigenvalue weighted by molar-refractivity contribution is 6.00. The van der Waals surface area contributed by atoms with Crippen molar-refractivity contribution in [1.82, 2.24) is 15.1 Å². The molecule has 8 heteroatoms. The number of rotatable bonds is 4. The van der Waals surface area contributed by atoms with Gasteiger partial charge in [0.05, 0.1) is 6.54 Å². The standard InChI is InChI=1S/C16H19N3O5/c1-18(15(21)9-19-14(20)6-7-17-16(19)22)8-11-10-23-12-4-2-3-5-13(12)24-11/h2-5,11H,6-10H2,1H3,(H,17,22).